The van der Waals surface area contributed by atoms with Crippen LogP contribution in [0.4, 0.5) is 4.79 Å². The van der Waals surface area contributed by atoms with Crippen molar-refractivity contribution < 1.29 is 29.0 Å². The summed E-state index contributed by atoms with van der Waals surface area (Å²) in [6, 6.07) is 9.30. The maximum Gasteiger partial charge on any atom is 0.329 e. The molecule has 162 valence electrons. The SMILES string of the molecule is CCOc1cc(/C=C2/NC(=O)N(CC(=O)O)C2=O)ccc1OCc1ccc(Cl)cc1Cl. The topological polar surface area (TPSA) is 105 Å². The van der Waals surface area contributed by atoms with Crippen molar-refractivity contribution in [2.24, 2.45) is 0 Å². The number of rotatable bonds is 8. The molecule has 0 aromatic heterocycles. The second-order valence-corrected chi connectivity index (χ2v) is 7.28. The minimum Gasteiger partial charge on any atom is -0.490 e. The van der Waals surface area contributed by atoms with Gasteiger partial charge in [0.05, 0.1) is 6.61 Å². The van der Waals surface area contributed by atoms with Crippen LogP contribution in [0.2, 0.25) is 10.0 Å². The summed E-state index contributed by atoms with van der Waals surface area (Å²) in [4.78, 5) is 35.6. The second-order valence-electron chi connectivity index (χ2n) is 6.44. The molecule has 2 N–H and O–H groups in total. The molecule has 1 aliphatic heterocycles. The molecule has 0 unspecified atom stereocenters. The third kappa shape index (κ3) is 5.48. The predicted octanol–water partition coefficient (Wildman–Crippen LogP) is 3.95. The van der Waals surface area contributed by atoms with E-state index in [-0.39, 0.29) is 12.3 Å². The first-order valence-electron chi connectivity index (χ1n) is 9.18. The number of hydrogen-bond acceptors (Lipinski definition) is 5. The van der Waals surface area contributed by atoms with Gasteiger partial charge in [-0.1, -0.05) is 35.3 Å². The summed E-state index contributed by atoms with van der Waals surface area (Å²) in [5.41, 5.74) is 1.27. The van der Waals surface area contributed by atoms with Crippen LogP contribution in [-0.2, 0) is 16.2 Å². The Labute approximate surface area is 187 Å². The molecule has 1 aliphatic rings. The van der Waals surface area contributed by atoms with Gasteiger partial charge in [-0.15, -0.1) is 0 Å². The molecule has 0 atom stereocenters. The van der Waals surface area contributed by atoms with Gasteiger partial charge in [-0.3, -0.25) is 9.59 Å². The normalized spacial score (nSPS) is 14.7. The highest BCUT2D eigenvalue weighted by molar-refractivity contribution is 6.35. The fraction of sp³-hybridized carbons (Fsp3) is 0.190. The van der Waals surface area contributed by atoms with Crippen molar-refractivity contribution in [1.82, 2.24) is 10.2 Å². The van der Waals surface area contributed by atoms with Gasteiger partial charge in [0.1, 0.15) is 18.8 Å². The minimum absolute atomic E-state index is 0.0321. The van der Waals surface area contributed by atoms with E-state index in [1.807, 2.05) is 6.92 Å². The molecule has 1 fully saturated rings. The Morgan fingerprint density at radius 3 is 2.58 bits per heavy atom. The summed E-state index contributed by atoms with van der Waals surface area (Å²) in [6.45, 7) is 1.66. The highest BCUT2D eigenvalue weighted by Gasteiger charge is 2.34. The van der Waals surface area contributed by atoms with Crippen molar-refractivity contribution >= 4 is 47.2 Å². The zero-order chi connectivity index (χ0) is 22.5. The number of hydrogen-bond donors (Lipinski definition) is 2. The van der Waals surface area contributed by atoms with Crippen LogP contribution in [0.3, 0.4) is 0 Å². The zero-order valence-corrected chi connectivity index (χ0v) is 17.9. The number of imide groups is 1. The minimum atomic E-state index is -1.29. The van der Waals surface area contributed by atoms with Crippen molar-refractivity contribution in [2.45, 2.75) is 13.5 Å². The lowest BCUT2D eigenvalue weighted by Crippen LogP contribution is -2.35. The Morgan fingerprint density at radius 2 is 1.90 bits per heavy atom. The monoisotopic (exact) mass is 464 g/mol. The molecule has 8 nitrogen and oxygen atoms in total. The number of carboxylic acids is 1. The molecule has 0 saturated carbocycles. The highest BCUT2D eigenvalue weighted by atomic mass is 35.5. The van der Waals surface area contributed by atoms with Crippen LogP contribution in [0.1, 0.15) is 18.1 Å². The Kier molecular flexibility index (Phi) is 7.04. The Balaban J connectivity index is 1.80. The van der Waals surface area contributed by atoms with E-state index in [0.29, 0.717) is 38.6 Å². The summed E-state index contributed by atoms with van der Waals surface area (Å²) in [5.74, 6) is -1.11. The molecule has 2 aromatic rings. The van der Waals surface area contributed by atoms with Gasteiger partial charge >= 0.3 is 12.0 Å². The van der Waals surface area contributed by atoms with E-state index in [1.165, 1.54) is 6.08 Å². The molecule has 31 heavy (non-hydrogen) atoms. The lowest BCUT2D eigenvalue weighted by atomic mass is 10.1. The van der Waals surface area contributed by atoms with Gasteiger partial charge in [-0.25, -0.2) is 9.69 Å². The van der Waals surface area contributed by atoms with Crippen LogP contribution in [0.25, 0.3) is 6.08 Å². The van der Waals surface area contributed by atoms with E-state index in [2.05, 4.69) is 5.32 Å². The zero-order valence-electron chi connectivity index (χ0n) is 16.4. The number of carbonyl (C=O) groups excluding carboxylic acids is 2. The molecule has 1 saturated heterocycles. The molecular formula is C21H18Cl2N2O6. The smallest absolute Gasteiger partial charge is 0.329 e. The Hall–Kier alpha value is -3.23. The molecule has 0 bridgehead atoms. The second kappa shape index (κ2) is 9.72. The third-order valence-corrected chi connectivity index (χ3v) is 4.82. The van der Waals surface area contributed by atoms with Crippen LogP contribution >= 0.6 is 23.2 Å². The maximum atomic E-state index is 12.3. The maximum absolute atomic E-state index is 12.3. The molecule has 0 aliphatic carbocycles. The van der Waals surface area contributed by atoms with Gasteiger partial charge in [0.15, 0.2) is 11.5 Å². The first-order valence-corrected chi connectivity index (χ1v) is 9.94. The molecule has 3 amide bonds. The number of nitrogens with one attached hydrogen (secondary N) is 1. The van der Waals surface area contributed by atoms with E-state index in [9.17, 15) is 14.4 Å². The van der Waals surface area contributed by atoms with Gasteiger partial charge in [-0.05, 0) is 42.8 Å². The van der Waals surface area contributed by atoms with E-state index >= 15 is 0 Å². The van der Waals surface area contributed by atoms with Gasteiger partial charge in [0.25, 0.3) is 5.91 Å². The number of nitrogens with zero attached hydrogens (tertiary/aromatic N) is 1. The summed E-state index contributed by atoms with van der Waals surface area (Å²) in [5, 5.41) is 12.2. The molecular weight excluding hydrogens is 447 g/mol. The van der Waals surface area contributed by atoms with Crippen molar-refractivity contribution in [3.63, 3.8) is 0 Å². The van der Waals surface area contributed by atoms with E-state index in [1.54, 1.807) is 36.4 Å². The molecule has 0 spiro atoms. The number of benzene rings is 2. The first kappa shape index (κ1) is 22.5. The summed E-state index contributed by atoms with van der Waals surface area (Å²) in [6.07, 6.45) is 1.43. The summed E-state index contributed by atoms with van der Waals surface area (Å²) < 4.78 is 11.5. The van der Waals surface area contributed by atoms with Gasteiger partial charge in [0, 0.05) is 15.6 Å². The molecule has 2 aromatic carbocycles. The average Bonchev–Trinajstić information content (AvgIpc) is 2.96. The van der Waals surface area contributed by atoms with Gasteiger partial charge in [-0.2, -0.15) is 0 Å². The van der Waals surface area contributed by atoms with Crippen molar-refractivity contribution in [2.75, 3.05) is 13.2 Å². The number of amides is 3. The van der Waals surface area contributed by atoms with E-state index < -0.39 is 24.5 Å². The van der Waals surface area contributed by atoms with E-state index in [4.69, 9.17) is 37.8 Å². The Morgan fingerprint density at radius 1 is 1.13 bits per heavy atom. The van der Waals surface area contributed by atoms with Gasteiger partial charge in [0.2, 0.25) is 0 Å². The molecule has 10 heteroatoms. The van der Waals surface area contributed by atoms with E-state index in [0.717, 1.165) is 5.56 Å². The van der Waals surface area contributed by atoms with Crippen molar-refractivity contribution in [1.29, 1.82) is 0 Å². The number of urea groups is 1. The average molecular weight is 465 g/mol. The summed E-state index contributed by atoms with van der Waals surface area (Å²) >= 11 is 12.1. The molecule has 0 radical (unpaired) electrons. The predicted molar refractivity (Wildman–Crippen MR) is 114 cm³/mol. The Bertz CT molecular complexity index is 1070. The number of halogens is 2. The van der Waals surface area contributed by atoms with Crippen LogP contribution in [0.5, 0.6) is 11.5 Å². The molecule has 3 rings (SSSR count). The quantitative estimate of drug-likeness (QED) is 0.452. The number of ether oxygens (including phenoxy) is 2. The largest absolute Gasteiger partial charge is 0.490 e. The van der Waals surface area contributed by atoms with Crippen molar-refractivity contribution in [3.8, 4) is 11.5 Å². The standard InChI is InChI=1S/C21H18Cl2N2O6/c1-2-30-18-8-12(7-16-20(28)25(10-19(26)27)21(29)24-16)3-6-17(18)31-11-13-4-5-14(22)9-15(13)23/h3-9H,2,10-11H2,1H3,(H,24,29)(H,26,27)/b16-7+. The fourth-order valence-corrected chi connectivity index (χ4v) is 3.28. The van der Waals surface area contributed by atoms with Crippen molar-refractivity contribution in [3.05, 3.63) is 63.3 Å². The number of carboxylic acid groups (broad SMARTS) is 1. The molecule has 1 heterocycles. The highest BCUT2D eigenvalue weighted by Crippen LogP contribution is 2.31. The lowest BCUT2D eigenvalue weighted by molar-refractivity contribution is -0.140. The number of carbonyl (C=O) groups is 3. The first-order chi connectivity index (χ1) is 14.8. The van der Waals surface area contributed by atoms with Crippen LogP contribution in [0, 0.1) is 0 Å². The van der Waals surface area contributed by atoms with Crippen LogP contribution < -0.4 is 14.8 Å². The van der Waals surface area contributed by atoms with Gasteiger partial charge < -0.3 is 19.9 Å². The fourth-order valence-electron chi connectivity index (χ4n) is 2.81. The number of aliphatic carboxylic acids is 1. The van der Waals surface area contributed by atoms with Crippen LogP contribution in [-0.4, -0.2) is 41.1 Å². The third-order valence-electron chi connectivity index (χ3n) is 4.23. The summed E-state index contributed by atoms with van der Waals surface area (Å²) in [7, 11) is 0. The lowest BCUT2D eigenvalue weighted by Gasteiger charge is -2.13. The van der Waals surface area contributed by atoms with Crippen LogP contribution in [0.15, 0.2) is 42.1 Å².